The molecule has 0 saturated carbocycles. The van der Waals surface area contributed by atoms with E-state index in [2.05, 4.69) is 31.2 Å². The van der Waals surface area contributed by atoms with Gasteiger partial charge in [0.05, 0.1) is 17.8 Å². The summed E-state index contributed by atoms with van der Waals surface area (Å²) in [6, 6.07) is 3.42. The third-order valence-corrected chi connectivity index (χ3v) is 3.78. The average molecular weight is 385 g/mol. The quantitative estimate of drug-likeness (QED) is 0.626. The Balaban J connectivity index is 2.44. The molecule has 2 N–H and O–H groups in total. The van der Waals surface area contributed by atoms with Crippen LogP contribution in [-0.2, 0) is 5.41 Å². The second-order valence-electron chi connectivity index (χ2n) is 5.71. The Labute approximate surface area is 142 Å². The first-order valence-electron chi connectivity index (χ1n) is 6.53. The molecule has 2 aromatic rings. The first-order valence-corrected chi connectivity index (χ1v) is 7.73. The third kappa shape index (κ3) is 3.38. The number of phenols is 1. The van der Waals surface area contributed by atoms with Gasteiger partial charge in [-0.1, -0.05) is 20.8 Å². The van der Waals surface area contributed by atoms with Crippen molar-refractivity contribution in [3.05, 3.63) is 32.8 Å². The van der Waals surface area contributed by atoms with Crippen molar-refractivity contribution in [1.29, 1.82) is 0 Å². The number of ether oxygens (including phenoxy) is 1. The molecule has 0 aliphatic rings. The summed E-state index contributed by atoms with van der Waals surface area (Å²) in [5.41, 5.74) is 0.558. The van der Waals surface area contributed by atoms with Crippen molar-refractivity contribution in [2.75, 3.05) is 7.11 Å². The predicted molar refractivity (Wildman–Crippen MR) is 91.5 cm³/mol. The molecular weight excluding hydrogens is 368 g/mol. The number of aromatic hydroxyl groups is 1. The summed E-state index contributed by atoms with van der Waals surface area (Å²) in [6.45, 7) is 6.10. The van der Waals surface area contributed by atoms with Crippen LogP contribution in [-0.4, -0.2) is 33.3 Å². The number of aromatic amines is 1. The van der Waals surface area contributed by atoms with E-state index >= 15 is 0 Å². The van der Waals surface area contributed by atoms with Crippen molar-refractivity contribution in [2.45, 2.75) is 26.2 Å². The molecule has 6 nitrogen and oxygen atoms in total. The first-order chi connectivity index (χ1) is 10.2. The molecular formula is C14H17BrN4O2S. The van der Waals surface area contributed by atoms with Gasteiger partial charge in [0.25, 0.3) is 0 Å². The van der Waals surface area contributed by atoms with Gasteiger partial charge in [-0.3, -0.25) is 5.10 Å². The molecule has 2 rings (SSSR count). The van der Waals surface area contributed by atoms with E-state index < -0.39 is 0 Å². The van der Waals surface area contributed by atoms with Crippen molar-refractivity contribution in [3.8, 4) is 11.5 Å². The number of aromatic nitrogens is 3. The molecule has 0 fully saturated rings. The van der Waals surface area contributed by atoms with E-state index in [1.165, 1.54) is 7.11 Å². The molecule has 0 bridgehead atoms. The summed E-state index contributed by atoms with van der Waals surface area (Å²) < 4.78 is 7.65. The minimum absolute atomic E-state index is 0.0509. The van der Waals surface area contributed by atoms with Crippen LogP contribution in [0.1, 0.15) is 32.2 Å². The van der Waals surface area contributed by atoms with Crippen LogP contribution in [0, 0.1) is 4.77 Å². The van der Waals surface area contributed by atoms with E-state index in [0.717, 1.165) is 11.4 Å². The van der Waals surface area contributed by atoms with Crippen LogP contribution in [0.15, 0.2) is 21.7 Å². The van der Waals surface area contributed by atoms with Crippen LogP contribution < -0.4 is 4.74 Å². The Morgan fingerprint density at radius 3 is 2.73 bits per heavy atom. The number of nitrogens with zero attached hydrogens (tertiary/aromatic N) is 3. The zero-order valence-electron chi connectivity index (χ0n) is 12.7. The van der Waals surface area contributed by atoms with Gasteiger partial charge in [0.15, 0.2) is 17.3 Å². The zero-order chi connectivity index (χ0) is 16.5. The number of rotatable bonds is 3. The lowest BCUT2D eigenvalue weighted by atomic mass is 9.96. The topological polar surface area (TPSA) is 75.4 Å². The molecule has 0 spiro atoms. The van der Waals surface area contributed by atoms with Gasteiger partial charge >= 0.3 is 0 Å². The highest BCUT2D eigenvalue weighted by atomic mass is 79.9. The van der Waals surface area contributed by atoms with Crippen LogP contribution in [0.3, 0.4) is 0 Å². The van der Waals surface area contributed by atoms with Gasteiger partial charge < -0.3 is 9.84 Å². The predicted octanol–water partition coefficient (Wildman–Crippen LogP) is 3.60. The zero-order valence-corrected chi connectivity index (χ0v) is 15.1. The fourth-order valence-electron chi connectivity index (χ4n) is 1.83. The number of phenolic OH excluding ortho intramolecular Hbond substituents is 1. The Hall–Kier alpha value is -1.67. The Bertz CT molecular complexity index is 774. The number of H-pyrrole nitrogens is 1. The molecule has 1 aromatic heterocycles. The minimum atomic E-state index is -0.196. The van der Waals surface area contributed by atoms with Crippen LogP contribution in [0.4, 0.5) is 0 Å². The molecule has 0 atom stereocenters. The van der Waals surface area contributed by atoms with Crippen molar-refractivity contribution < 1.29 is 9.84 Å². The fraction of sp³-hybridized carbons (Fsp3) is 0.357. The molecule has 0 saturated heterocycles. The molecule has 0 amide bonds. The maximum absolute atomic E-state index is 9.82. The second kappa shape index (κ2) is 6.21. The second-order valence-corrected chi connectivity index (χ2v) is 6.95. The van der Waals surface area contributed by atoms with Gasteiger partial charge in [0.1, 0.15) is 0 Å². The van der Waals surface area contributed by atoms with Gasteiger partial charge in [-0.05, 0) is 45.8 Å². The number of methoxy groups -OCH3 is 1. The minimum Gasteiger partial charge on any atom is -0.503 e. The van der Waals surface area contributed by atoms with E-state index in [1.54, 1.807) is 23.0 Å². The largest absolute Gasteiger partial charge is 0.503 e. The van der Waals surface area contributed by atoms with E-state index in [1.807, 2.05) is 20.8 Å². The first kappa shape index (κ1) is 16.7. The summed E-state index contributed by atoms with van der Waals surface area (Å²) in [5, 5.41) is 21.2. The Kier molecular flexibility index (Phi) is 4.72. The Morgan fingerprint density at radius 2 is 2.14 bits per heavy atom. The van der Waals surface area contributed by atoms with Crippen molar-refractivity contribution in [3.63, 3.8) is 0 Å². The smallest absolute Gasteiger partial charge is 0.216 e. The van der Waals surface area contributed by atoms with E-state index in [4.69, 9.17) is 17.0 Å². The fourth-order valence-corrected chi connectivity index (χ4v) is 2.47. The molecule has 0 aliphatic heterocycles. The standard InChI is InChI=1S/C14H17BrN4O2S/c1-14(2,3)12-17-18-13(22)19(12)16-7-8-5-9(15)11(20)10(6-8)21-4/h5-7,20H,1-4H3,(H,18,22)/b16-7+. The van der Waals surface area contributed by atoms with Gasteiger partial charge in [-0.25, -0.2) is 0 Å². The molecule has 118 valence electrons. The summed E-state index contributed by atoms with van der Waals surface area (Å²) >= 11 is 8.49. The molecule has 0 unspecified atom stereocenters. The van der Waals surface area contributed by atoms with Crippen LogP contribution in [0.25, 0.3) is 0 Å². The lowest BCUT2D eigenvalue weighted by Crippen LogP contribution is -2.17. The SMILES string of the molecule is COc1cc(/C=N/n2c(C(C)(C)C)n[nH]c2=S)cc(Br)c1O. The lowest BCUT2D eigenvalue weighted by molar-refractivity contribution is 0.372. The van der Waals surface area contributed by atoms with Crippen molar-refractivity contribution in [2.24, 2.45) is 5.10 Å². The van der Waals surface area contributed by atoms with Gasteiger partial charge in [-0.2, -0.15) is 14.9 Å². The summed E-state index contributed by atoms with van der Waals surface area (Å²) in [6.07, 6.45) is 1.63. The average Bonchev–Trinajstić information content (AvgIpc) is 2.81. The number of benzene rings is 1. The van der Waals surface area contributed by atoms with Crippen LogP contribution >= 0.6 is 28.1 Å². The van der Waals surface area contributed by atoms with Crippen molar-refractivity contribution in [1.82, 2.24) is 14.9 Å². The number of hydrogen-bond acceptors (Lipinski definition) is 5. The molecule has 22 heavy (non-hydrogen) atoms. The van der Waals surface area contributed by atoms with Crippen molar-refractivity contribution >= 4 is 34.4 Å². The number of hydrogen-bond donors (Lipinski definition) is 2. The van der Waals surface area contributed by atoms with E-state index in [-0.39, 0.29) is 11.2 Å². The van der Waals surface area contributed by atoms with Crippen LogP contribution in [0.5, 0.6) is 11.5 Å². The van der Waals surface area contributed by atoms with Gasteiger partial charge in [0, 0.05) is 5.41 Å². The number of halogens is 1. The summed E-state index contributed by atoms with van der Waals surface area (Å²) in [5.74, 6) is 1.15. The molecule has 0 aliphatic carbocycles. The maximum Gasteiger partial charge on any atom is 0.216 e. The van der Waals surface area contributed by atoms with Gasteiger partial charge in [-0.15, -0.1) is 0 Å². The molecule has 0 radical (unpaired) electrons. The lowest BCUT2D eigenvalue weighted by Gasteiger charge is -2.15. The maximum atomic E-state index is 9.82. The number of nitrogens with one attached hydrogen (secondary N) is 1. The third-order valence-electron chi connectivity index (χ3n) is 2.91. The van der Waals surface area contributed by atoms with E-state index in [9.17, 15) is 5.11 Å². The monoisotopic (exact) mass is 384 g/mol. The normalized spacial score (nSPS) is 12.0. The van der Waals surface area contributed by atoms with Gasteiger partial charge in [0.2, 0.25) is 4.77 Å². The highest BCUT2D eigenvalue weighted by Crippen LogP contribution is 2.34. The molecule has 1 heterocycles. The summed E-state index contributed by atoms with van der Waals surface area (Å²) in [4.78, 5) is 0. The molecule has 1 aromatic carbocycles. The summed E-state index contributed by atoms with van der Waals surface area (Å²) in [7, 11) is 1.49. The van der Waals surface area contributed by atoms with E-state index in [0.29, 0.717) is 15.0 Å². The molecule has 8 heteroatoms. The highest BCUT2D eigenvalue weighted by molar-refractivity contribution is 9.10. The van der Waals surface area contributed by atoms with Crippen LogP contribution in [0.2, 0.25) is 0 Å². The highest BCUT2D eigenvalue weighted by Gasteiger charge is 2.21. The Morgan fingerprint density at radius 1 is 1.45 bits per heavy atom.